The summed E-state index contributed by atoms with van der Waals surface area (Å²) in [6.45, 7) is 1.07. The number of rotatable bonds is 6. The van der Waals surface area contributed by atoms with Gasteiger partial charge in [-0.3, -0.25) is 0 Å². The van der Waals surface area contributed by atoms with Crippen LogP contribution in [0.1, 0.15) is 5.56 Å². The van der Waals surface area contributed by atoms with Crippen LogP contribution in [0.15, 0.2) is 18.2 Å². The van der Waals surface area contributed by atoms with E-state index >= 15 is 0 Å². The molecule has 0 aliphatic carbocycles. The first-order chi connectivity index (χ1) is 8.22. The highest BCUT2D eigenvalue weighted by molar-refractivity contribution is 5.72. The van der Waals surface area contributed by atoms with E-state index in [1.54, 1.807) is 26.4 Å². The predicted molar refractivity (Wildman–Crippen MR) is 66.7 cm³/mol. The molecule has 5 heteroatoms. The molecule has 1 rings (SSSR count). The molecule has 92 valence electrons. The van der Waals surface area contributed by atoms with E-state index < -0.39 is 0 Å². The zero-order valence-electron chi connectivity index (χ0n) is 10.1. The van der Waals surface area contributed by atoms with Crippen LogP contribution in [-0.2, 0) is 9.47 Å². The van der Waals surface area contributed by atoms with Gasteiger partial charge in [0.25, 0.3) is 0 Å². The normalized spacial score (nSPS) is 11.8. The summed E-state index contributed by atoms with van der Waals surface area (Å²) >= 11 is 0. The fraction of sp³-hybridized carbons (Fsp3) is 0.417. The first-order valence-electron chi connectivity index (χ1n) is 5.27. The minimum Gasteiger partial charge on any atom is -0.396 e. The van der Waals surface area contributed by atoms with Gasteiger partial charge in [0.05, 0.1) is 29.6 Å². The summed E-state index contributed by atoms with van der Waals surface area (Å²) in [6, 6.07) is 7.34. The van der Waals surface area contributed by atoms with Crippen molar-refractivity contribution in [2.45, 2.75) is 6.10 Å². The molecule has 0 bridgehead atoms. The summed E-state index contributed by atoms with van der Waals surface area (Å²) in [5, 5.41) is 12.0. The Morgan fingerprint density at radius 3 is 2.82 bits per heavy atom. The van der Waals surface area contributed by atoms with Gasteiger partial charge in [0.2, 0.25) is 0 Å². The monoisotopic (exact) mass is 235 g/mol. The molecule has 0 aliphatic rings. The lowest BCUT2D eigenvalue weighted by molar-refractivity contribution is 0.0366. The van der Waals surface area contributed by atoms with Crippen LogP contribution < -0.4 is 11.1 Å². The lowest BCUT2D eigenvalue weighted by atomic mass is 10.1. The average Bonchev–Trinajstić information content (AvgIpc) is 2.36. The molecule has 1 aromatic carbocycles. The summed E-state index contributed by atoms with van der Waals surface area (Å²) in [6.07, 6.45) is -0.0508. The zero-order valence-corrected chi connectivity index (χ0v) is 10.1. The van der Waals surface area contributed by atoms with Crippen LogP contribution in [0.3, 0.4) is 0 Å². The van der Waals surface area contributed by atoms with Gasteiger partial charge in [-0.25, -0.2) is 0 Å². The first-order valence-corrected chi connectivity index (χ1v) is 5.27. The second-order valence-corrected chi connectivity index (χ2v) is 3.57. The fourth-order valence-corrected chi connectivity index (χ4v) is 1.44. The van der Waals surface area contributed by atoms with Crippen LogP contribution in [-0.4, -0.2) is 33.5 Å². The van der Waals surface area contributed by atoms with Crippen molar-refractivity contribution < 1.29 is 9.47 Å². The number of nitrogens with zero attached hydrogens (tertiary/aromatic N) is 1. The number of nitrogens with one attached hydrogen (secondary N) is 1. The Bertz CT molecular complexity index is 401. The largest absolute Gasteiger partial charge is 0.396 e. The Balaban J connectivity index is 2.66. The van der Waals surface area contributed by atoms with Crippen molar-refractivity contribution in [3.8, 4) is 6.07 Å². The van der Waals surface area contributed by atoms with Crippen molar-refractivity contribution in [1.82, 2.24) is 0 Å². The van der Waals surface area contributed by atoms with Gasteiger partial charge >= 0.3 is 0 Å². The molecular formula is C12H17N3O2. The van der Waals surface area contributed by atoms with Gasteiger partial charge in [0.1, 0.15) is 6.07 Å². The maximum Gasteiger partial charge on any atom is 0.101 e. The number of benzene rings is 1. The molecule has 5 nitrogen and oxygen atoms in total. The molecule has 0 spiro atoms. The maximum atomic E-state index is 8.85. The van der Waals surface area contributed by atoms with Crippen LogP contribution in [0, 0.1) is 11.3 Å². The van der Waals surface area contributed by atoms with Crippen molar-refractivity contribution in [3.05, 3.63) is 23.8 Å². The number of ether oxygens (including phenoxy) is 2. The lowest BCUT2D eigenvalue weighted by Gasteiger charge is -2.17. The van der Waals surface area contributed by atoms with Crippen LogP contribution in [0.2, 0.25) is 0 Å². The molecule has 0 aliphatic heterocycles. The van der Waals surface area contributed by atoms with Crippen LogP contribution in [0.5, 0.6) is 0 Å². The number of nitriles is 1. The average molecular weight is 235 g/mol. The molecule has 1 unspecified atom stereocenters. The van der Waals surface area contributed by atoms with Crippen molar-refractivity contribution >= 4 is 11.4 Å². The molecule has 17 heavy (non-hydrogen) atoms. The SMILES string of the molecule is COCC(CNc1cccc(C#N)c1N)OC. The summed E-state index contributed by atoms with van der Waals surface area (Å²) in [5.41, 5.74) is 7.51. The van der Waals surface area contributed by atoms with Crippen LogP contribution in [0.4, 0.5) is 11.4 Å². The number of nitrogen functional groups attached to an aromatic ring is 1. The number of methoxy groups -OCH3 is 2. The van der Waals surface area contributed by atoms with Gasteiger partial charge in [-0.05, 0) is 12.1 Å². The molecule has 0 radical (unpaired) electrons. The van der Waals surface area contributed by atoms with Gasteiger partial charge < -0.3 is 20.5 Å². The quantitative estimate of drug-likeness (QED) is 0.724. The Hall–Kier alpha value is -1.77. The third-order valence-electron chi connectivity index (χ3n) is 2.43. The van der Waals surface area contributed by atoms with Gasteiger partial charge in [-0.15, -0.1) is 0 Å². The highest BCUT2D eigenvalue weighted by atomic mass is 16.5. The van der Waals surface area contributed by atoms with E-state index in [0.29, 0.717) is 24.4 Å². The van der Waals surface area contributed by atoms with Gasteiger partial charge in [-0.1, -0.05) is 6.07 Å². The van der Waals surface area contributed by atoms with E-state index in [-0.39, 0.29) is 6.10 Å². The summed E-state index contributed by atoms with van der Waals surface area (Å²) in [5.74, 6) is 0. The Morgan fingerprint density at radius 1 is 1.47 bits per heavy atom. The topological polar surface area (TPSA) is 80.3 Å². The Labute approximate surface area is 101 Å². The molecule has 0 aromatic heterocycles. The number of anilines is 2. The first kappa shape index (κ1) is 13.3. The Kier molecular flexibility index (Phi) is 5.27. The number of hydrogen-bond acceptors (Lipinski definition) is 5. The second-order valence-electron chi connectivity index (χ2n) is 3.57. The lowest BCUT2D eigenvalue weighted by Crippen LogP contribution is -2.26. The number of nitrogens with two attached hydrogens (primary N) is 1. The molecule has 3 N–H and O–H groups in total. The van der Waals surface area contributed by atoms with E-state index in [1.165, 1.54) is 0 Å². The molecule has 0 fully saturated rings. The van der Waals surface area contributed by atoms with E-state index in [1.807, 2.05) is 12.1 Å². The van der Waals surface area contributed by atoms with Crippen LogP contribution >= 0.6 is 0 Å². The smallest absolute Gasteiger partial charge is 0.101 e. The summed E-state index contributed by atoms with van der Waals surface area (Å²) in [4.78, 5) is 0. The molecule has 0 heterocycles. The molecule has 0 saturated heterocycles. The maximum absolute atomic E-state index is 8.85. The van der Waals surface area contributed by atoms with Crippen LogP contribution in [0.25, 0.3) is 0 Å². The van der Waals surface area contributed by atoms with Crippen molar-refractivity contribution in [2.24, 2.45) is 0 Å². The summed E-state index contributed by atoms with van der Waals surface area (Å²) < 4.78 is 10.2. The Morgan fingerprint density at radius 2 is 2.24 bits per heavy atom. The molecule has 0 saturated carbocycles. The zero-order chi connectivity index (χ0) is 12.7. The number of hydrogen-bond donors (Lipinski definition) is 2. The minimum absolute atomic E-state index is 0.0508. The van der Waals surface area contributed by atoms with E-state index in [2.05, 4.69) is 5.32 Å². The number of para-hydroxylation sites is 1. The van der Waals surface area contributed by atoms with Crippen molar-refractivity contribution in [1.29, 1.82) is 5.26 Å². The third-order valence-corrected chi connectivity index (χ3v) is 2.43. The molecule has 1 aromatic rings. The van der Waals surface area contributed by atoms with Crippen molar-refractivity contribution in [2.75, 3.05) is 38.4 Å². The predicted octanol–water partition coefficient (Wildman–Crippen LogP) is 1.21. The highest BCUT2D eigenvalue weighted by Crippen LogP contribution is 2.21. The molecule has 1 atom stereocenters. The second kappa shape index (κ2) is 6.74. The highest BCUT2D eigenvalue weighted by Gasteiger charge is 2.08. The molecule has 0 amide bonds. The van der Waals surface area contributed by atoms with E-state index in [0.717, 1.165) is 5.69 Å². The summed E-state index contributed by atoms with van der Waals surface area (Å²) in [7, 11) is 3.25. The third kappa shape index (κ3) is 3.63. The standard InChI is InChI=1S/C12H17N3O2/c1-16-8-10(17-2)7-15-11-5-3-4-9(6-13)12(11)14/h3-5,10,15H,7-8,14H2,1-2H3. The molecular weight excluding hydrogens is 218 g/mol. The van der Waals surface area contributed by atoms with E-state index in [4.69, 9.17) is 20.5 Å². The fourth-order valence-electron chi connectivity index (χ4n) is 1.44. The minimum atomic E-state index is -0.0508. The van der Waals surface area contributed by atoms with Gasteiger partial charge in [0.15, 0.2) is 0 Å². The van der Waals surface area contributed by atoms with Gasteiger partial charge in [0, 0.05) is 20.8 Å². The van der Waals surface area contributed by atoms with Gasteiger partial charge in [-0.2, -0.15) is 5.26 Å². The van der Waals surface area contributed by atoms with E-state index in [9.17, 15) is 0 Å². The van der Waals surface area contributed by atoms with Crippen molar-refractivity contribution in [3.63, 3.8) is 0 Å².